The molecule has 0 aromatic carbocycles. The van der Waals surface area contributed by atoms with Gasteiger partial charge in [0.1, 0.15) is 13.2 Å². The SMILES string of the molecule is CCCCC/C=C\C/C=C\CCCCCCCC(=O)OC[C@@H](COC(=O)CCCCCCCCCCCC)OC(=O)CCCCCCC/C=C\CCCCCCC. The third-order valence-corrected chi connectivity index (χ3v) is 10.6. The van der Waals surface area contributed by atoms with Gasteiger partial charge in [0.25, 0.3) is 0 Å². The molecular formula is C51H92O6. The number of hydrogen-bond donors (Lipinski definition) is 0. The molecule has 57 heavy (non-hydrogen) atoms. The quantitative estimate of drug-likeness (QED) is 0.0264. The highest BCUT2D eigenvalue weighted by Crippen LogP contribution is 2.14. The van der Waals surface area contributed by atoms with Gasteiger partial charge in [-0.25, -0.2) is 0 Å². The van der Waals surface area contributed by atoms with Crippen molar-refractivity contribution in [2.24, 2.45) is 0 Å². The molecule has 0 unspecified atom stereocenters. The first kappa shape index (κ1) is 54.6. The lowest BCUT2D eigenvalue weighted by Crippen LogP contribution is -2.30. The van der Waals surface area contributed by atoms with Crippen LogP contribution in [0.5, 0.6) is 0 Å². The van der Waals surface area contributed by atoms with Crippen molar-refractivity contribution in [3.63, 3.8) is 0 Å². The van der Waals surface area contributed by atoms with Crippen molar-refractivity contribution in [3.05, 3.63) is 36.5 Å². The van der Waals surface area contributed by atoms with E-state index in [1.807, 2.05) is 0 Å². The largest absolute Gasteiger partial charge is 0.462 e. The fraction of sp³-hybridized carbons (Fsp3) is 0.824. The Hall–Kier alpha value is -2.37. The molecule has 6 nitrogen and oxygen atoms in total. The molecule has 0 saturated heterocycles. The predicted molar refractivity (Wildman–Crippen MR) is 242 cm³/mol. The number of ether oxygens (including phenoxy) is 3. The standard InChI is InChI=1S/C51H92O6/c1-4-7-10-13-16-19-22-24-26-28-29-32-35-38-41-44-50(53)56-47-48(46-55-49(52)43-40-37-34-31-21-18-15-12-9-6-3)57-51(54)45-42-39-36-33-30-27-25-23-20-17-14-11-8-5-2/h16,19,23-26,48H,4-15,17-18,20-22,27-47H2,1-3H3/b19-16-,25-23-,26-24-/t48-/m1/s1. The van der Waals surface area contributed by atoms with Crippen molar-refractivity contribution in [1.29, 1.82) is 0 Å². The Balaban J connectivity index is 4.38. The van der Waals surface area contributed by atoms with Gasteiger partial charge in [-0.05, 0) is 77.0 Å². The van der Waals surface area contributed by atoms with E-state index in [1.165, 1.54) is 122 Å². The molecule has 0 aliphatic carbocycles. The average Bonchev–Trinajstić information content (AvgIpc) is 3.21. The Labute approximate surface area is 353 Å². The molecule has 0 aromatic rings. The van der Waals surface area contributed by atoms with Crippen molar-refractivity contribution in [1.82, 2.24) is 0 Å². The lowest BCUT2D eigenvalue weighted by atomic mass is 10.1. The third kappa shape index (κ3) is 44.6. The minimum absolute atomic E-state index is 0.0778. The molecule has 0 heterocycles. The number of allylic oxidation sites excluding steroid dienone is 6. The van der Waals surface area contributed by atoms with Gasteiger partial charge in [0.15, 0.2) is 6.10 Å². The van der Waals surface area contributed by atoms with Crippen molar-refractivity contribution < 1.29 is 28.6 Å². The van der Waals surface area contributed by atoms with Crippen LogP contribution in [0, 0.1) is 0 Å². The van der Waals surface area contributed by atoms with E-state index in [0.717, 1.165) is 89.9 Å². The highest BCUT2D eigenvalue weighted by molar-refractivity contribution is 5.71. The molecule has 0 rings (SSSR count). The van der Waals surface area contributed by atoms with Gasteiger partial charge >= 0.3 is 17.9 Å². The second-order valence-corrected chi connectivity index (χ2v) is 16.4. The summed E-state index contributed by atoms with van der Waals surface area (Å²) in [4.78, 5) is 37.8. The zero-order valence-corrected chi connectivity index (χ0v) is 37.9. The third-order valence-electron chi connectivity index (χ3n) is 10.6. The lowest BCUT2D eigenvalue weighted by molar-refractivity contribution is -0.167. The summed E-state index contributed by atoms with van der Waals surface area (Å²) in [6.45, 7) is 6.58. The maximum Gasteiger partial charge on any atom is 0.306 e. The van der Waals surface area contributed by atoms with E-state index in [9.17, 15) is 14.4 Å². The molecule has 0 aromatic heterocycles. The number of rotatable bonds is 44. The van der Waals surface area contributed by atoms with E-state index in [2.05, 4.69) is 57.2 Å². The minimum Gasteiger partial charge on any atom is -0.462 e. The van der Waals surface area contributed by atoms with Crippen LogP contribution >= 0.6 is 0 Å². The van der Waals surface area contributed by atoms with Crippen molar-refractivity contribution in [2.45, 2.75) is 258 Å². The fourth-order valence-electron chi connectivity index (χ4n) is 6.88. The van der Waals surface area contributed by atoms with Crippen LogP contribution in [0.25, 0.3) is 0 Å². The van der Waals surface area contributed by atoms with E-state index < -0.39 is 6.10 Å². The molecule has 0 aliphatic heterocycles. The van der Waals surface area contributed by atoms with Crippen LogP contribution in [-0.2, 0) is 28.6 Å². The van der Waals surface area contributed by atoms with Gasteiger partial charge in [-0.2, -0.15) is 0 Å². The summed E-state index contributed by atoms with van der Waals surface area (Å²) in [5, 5.41) is 0. The molecule has 0 N–H and O–H groups in total. The summed E-state index contributed by atoms with van der Waals surface area (Å²) in [5.74, 6) is -0.897. The van der Waals surface area contributed by atoms with Crippen LogP contribution in [0.4, 0.5) is 0 Å². The van der Waals surface area contributed by atoms with Crippen LogP contribution in [-0.4, -0.2) is 37.2 Å². The van der Waals surface area contributed by atoms with Crippen molar-refractivity contribution in [2.75, 3.05) is 13.2 Å². The monoisotopic (exact) mass is 801 g/mol. The van der Waals surface area contributed by atoms with Gasteiger partial charge in [-0.15, -0.1) is 0 Å². The molecule has 0 fully saturated rings. The van der Waals surface area contributed by atoms with Crippen LogP contribution in [0.15, 0.2) is 36.5 Å². The first-order valence-corrected chi connectivity index (χ1v) is 24.5. The maximum absolute atomic E-state index is 12.7. The molecule has 0 amide bonds. The highest BCUT2D eigenvalue weighted by Gasteiger charge is 2.19. The van der Waals surface area contributed by atoms with Gasteiger partial charge < -0.3 is 14.2 Å². The van der Waals surface area contributed by atoms with Gasteiger partial charge in [-0.1, -0.05) is 192 Å². The van der Waals surface area contributed by atoms with Crippen LogP contribution in [0.1, 0.15) is 252 Å². The van der Waals surface area contributed by atoms with Crippen molar-refractivity contribution in [3.8, 4) is 0 Å². The molecule has 0 bridgehead atoms. The number of carbonyl (C=O) groups excluding carboxylic acids is 3. The summed E-state index contributed by atoms with van der Waals surface area (Å²) in [6.07, 6.45) is 52.6. The molecule has 332 valence electrons. The Bertz CT molecular complexity index is 969. The lowest BCUT2D eigenvalue weighted by Gasteiger charge is -2.18. The second-order valence-electron chi connectivity index (χ2n) is 16.4. The van der Waals surface area contributed by atoms with Crippen molar-refractivity contribution >= 4 is 17.9 Å². The van der Waals surface area contributed by atoms with E-state index >= 15 is 0 Å². The highest BCUT2D eigenvalue weighted by atomic mass is 16.6. The summed E-state index contributed by atoms with van der Waals surface area (Å²) in [5.41, 5.74) is 0. The molecule has 0 radical (unpaired) electrons. The zero-order chi connectivity index (χ0) is 41.5. The Morgan fingerprint density at radius 3 is 1.02 bits per heavy atom. The Morgan fingerprint density at radius 2 is 0.632 bits per heavy atom. The number of unbranched alkanes of at least 4 members (excludes halogenated alkanes) is 27. The number of hydrogen-bond acceptors (Lipinski definition) is 6. The second kappa shape index (κ2) is 46.3. The van der Waals surface area contributed by atoms with Gasteiger partial charge in [0.05, 0.1) is 0 Å². The molecule has 0 spiro atoms. The fourth-order valence-corrected chi connectivity index (χ4v) is 6.88. The Kier molecular flexibility index (Phi) is 44.4. The average molecular weight is 801 g/mol. The first-order valence-electron chi connectivity index (χ1n) is 24.5. The van der Waals surface area contributed by atoms with Crippen LogP contribution in [0.2, 0.25) is 0 Å². The summed E-state index contributed by atoms with van der Waals surface area (Å²) < 4.78 is 16.7. The topological polar surface area (TPSA) is 78.9 Å². The van der Waals surface area contributed by atoms with Gasteiger partial charge in [-0.3, -0.25) is 14.4 Å². The molecule has 0 aliphatic rings. The first-order chi connectivity index (χ1) is 28.0. The molecule has 6 heteroatoms. The van der Waals surface area contributed by atoms with Gasteiger partial charge in [0, 0.05) is 19.3 Å². The molecule has 0 saturated carbocycles. The summed E-state index contributed by atoms with van der Waals surface area (Å²) >= 11 is 0. The Morgan fingerprint density at radius 1 is 0.351 bits per heavy atom. The maximum atomic E-state index is 12.7. The minimum atomic E-state index is -0.777. The summed E-state index contributed by atoms with van der Waals surface area (Å²) in [7, 11) is 0. The van der Waals surface area contributed by atoms with Crippen LogP contribution < -0.4 is 0 Å². The smallest absolute Gasteiger partial charge is 0.306 e. The normalized spacial score (nSPS) is 12.3. The molecule has 1 atom stereocenters. The van der Waals surface area contributed by atoms with E-state index in [-0.39, 0.29) is 31.1 Å². The summed E-state index contributed by atoms with van der Waals surface area (Å²) in [6, 6.07) is 0. The van der Waals surface area contributed by atoms with E-state index in [4.69, 9.17) is 14.2 Å². The van der Waals surface area contributed by atoms with E-state index in [0.29, 0.717) is 19.3 Å². The molecular weight excluding hydrogens is 709 g/mol. The number of esters is 3. The number of carbonyl (C=O) groups is 3. The van der Waals surface area contributed by atoms with E-state index in [1.54, 1.807) is 0 Å². The van der Waals surface area contributed by atoms with Gasteiger partial charge in [0.2, 0.25) is 0 Å². The predicted octanol–water partition coefficient (Wildman–Crippen LogP) is 15.8. The van der Waals surface area contributed by atoms with Crippen LogP contribution in [0.3, 0.4) is 0 Å². The zero-order valence-electron chi connectivity index (χ0n) is 37.9.